The molecule has 3 aliphatic heterocycles. The maximum atomic E-state index is 5.60. The second-order valence-corrected chi connectivity index (χ2v) is 13.1. The summed E-state index contributed by atoms with van der Waals surface area (Å²) in [5.74, 6) is 3.41. The van der Waals surface area contributed by atoms with Gasteiger partial charge in [-0.3, -0.25) is 9.80 Å². The molecule has 0 spiro atoms. The van der Waals surface area contributed by atoms with Crippen molar-refractivity contribution >= 4 is 22.9 Å². The smallest absolute Gasteiger partial charge is 0.231 e. The van der Waals surface area contributed by atoms with E-state index in [0.717, 1.165) is 99.6 Å². The zero-order valence-electron chi connectivity index (χ0n) is 26.1. The molecule has 4 aliphatic rings. The second-order valence-electron chi connectivity index (χ2n) is 13.1. The van der Waals surface area contributed by atoms with Gasteiger partial charge in [0, 0.05) is 64.4 Å². The van der Waals surface area contributed by atoms with Crippen LogP contribution < -0.4 is 19.7 Å². The maximum absolute atomic E-state index is 5.60. The number of hydrogen-bond donors (Lipinski definition) is 1. The monoisotopic (exact) mass is 608 g/mol. The molecule has 8 rings (SSSR count). The number of nitrogens with one attached hydrogen (secondary N) is 1. The number of piperidine rings is 1. The quantitative estimate of drug-likeness (QED) is 0.280. The highest BCUT2D eigenvalue weighted by molar-refractivity contribution is 5.84. The molecular weight excluding hydrogens is 564 g/mol. The number of likely N-dealkylation sites (tertiary alicyclic amines) is 1. The van der Waals surface area contributed by atoms with Gasteiger partial charge in [-0.25, -0.2) is 4.98 Å². The summed E-state index contributed by atoms with van der Waals surface area (Å²) >= 11 is 0. The van der Waals surface area contributed by atoms with E-state index in [1.807, 2.05) is 12.4 Å². The lowest BCUT2D eigenvalue weighted by molar-refractivity contribution is 0.174. The Hall–Kier alpha value is -3.89. The van der Waals surface area contributed by atoms with Crippen LogP contribution in [0.5, 0.6) is 11.5 Å². The Morgan fingerprint density at radius 2 is 1.49 bits per heavy atom. The van der Waals surface area contributed by atoms with Crippen molar-refractivity contribution < 1.29 is 9.47 Å². The normalized spacial score (nSPS) is 20.2. The summed E-state index contributed by atoms with van der Waals surface area (Å²) in [6, 6.07) is 17.9. The fourth-order valence-electron chi connectivity index (χ4n) is 7.45. The van der Waals surface area contributed by atoms with E-state index in [0.29, 0.717) is 18.9 Å². The predicted molar refractivity (Wildman–Crippen MR) is 176 cm³/mol. The minimum atomic E-state index is 0.311. The number of nitrogens with zero attached hydrogens (tertiary/aromatic N) is 7. The first-order valence-electron chi connectivity index (χ1n) is 16.9. The van der Waals surface area contributed by atoms with Gasteiger partial charge in [-0.15, -0.1) is 0 Å². The van der Waals surface area contributed by atoms with Crippen LogP contribution in [0.15, 0.2) is 54.9 Å². The molecule has 4 aromatic rings. The number of imidazole rings is 1. The lowest BCUT2D eigenvalue weighted by Crippen LogP contribution is -2.46. The van der Waals surface area contributed by atoms with Crippen molar-refractivity contribution in [3.8, 4) is 11.5 Å². The van der Waals surface area contributed by atoms with Gasteiger partial charge >= 0.3 is 0 Å². The molecule has 10 nitrogen and oxygen atoms in total. The zero-order valence-corrected chi connectivity index (χ0v) is 26.1. The van der Waals surface area contributed by atoms with Crippen LogP contribution in [0.25, 0.3) is 11.2 Å². The van der Waals surface area contributed by atoms with Gasteiger partial charge < -0.3 is 24.3 Å². The Bertz CT molecular complexity index is 1590. The van der Waals surface area contributed by atoms with Crippen molar-refractivity contribution in [3.05, 3.63) is 66.0 Å². The van der Waals surface area contributed by atoms with Gasteiger partial charge in [0.25, 0.3) is 0 Å². The summed E-state index contributed by atoms with van der Waals surface area (Å²) < 4.78 is 13.4. The van der Waals surface area contributed by atoms with Gasteiger partial charge in [0.1, 0.15) is 0 Å². The summed E-state index contributed by atoms with van der Waals surface area (Å²) in [5, 5.41) is 3.85. The Balaban J connectivity index is 0.978. The molecule has 2 saturated heterocycles. The highest BCUT2D eigenvalue weighted by Gasteiger charge is 2.27. The molecule has 5 heterocycles. The fourth-order valence-corrected chi connectivity index (χ4v) is 7.45. The molecular formula is C35H44N8O2. The zero-order chi connectivity index (χ0) is 30.0. The number of aromatic nitrogens is 4. The minimum Gasteiger partial charge on any atom is -0.454 e. The lowest BCUT2D eigenvalue weighted by atomic mass is 9.95. The average molecular weight is 609 g/mol. The first-order valence-corrected chi connectivity index (χ1v) is 16.9. The Morgan fingerprint density at radius 3 is 2.31 bits per heavy atom. The number of anilines is 2. The molecule has 0 bridgehead atoms. The van der Waals surface area contributed by atoms with Crippen LogP contribution in [0, 0.1) is 0 Å². The van der Waals surface area contributed by atoms with Crippen molar-refractivity contribution in [2.24, 2.45) is 0 Å². The van der Waals surface area contributed by atoms with Gasteiger partial charge in [-0.05, 0) is 48.9 Å². The predicted octanol–water partition coefficient (Wildman–Crippen LogP) is 5.46. The molecule has 0 amide bonds. The Labute approximate surface area is 265 Å². The summed E-state index contributed by atoms with van der Waals surface area (Å²) in [4.78, 5) is 22.7. The highest BCUT2D eigenvalue weighted by atomic mass is 16.7. The molecule has 1 aliphatic carbocycles. The molecule has 0 radical (unpaired) electrons. The van der Waals surface area contributed by atoms with Crippen LogP contribution >= 0.6 is 0 Å². The van der Waals surface area contributed by atoms with Gasteiger partial charge in [-0.2, -0.15) is 9.97 Å². The number of benzene rings is 2. The summed E-state index contributed by atoms with van der Waals surface area (Å²) in [5.41, 5.74) is 4.54. The molecule has 2 aromatic heterocycles. The van der Waals surface area contributed by atoms with E-state index in [-0.39, 0.29) is 0 Å². The molecule has 10 heteroatoms. The minimum absolute atomic E-state index is 0.311. The maximum Gasteiger partial charge on any atom is 0.231 e. The number of hydrogen-bond acceptors (Lipinski definition) is 9. The van der Waals surface area contributed by atoms with Crippen molar-refractivity contribution in [1.82, 2.24) is 29.3 Å². The van der Waals surface area contributed by atoms with Gasteiger partial charge in [0.15, 0.2) is 28.5 Å². The van der Waals surface area contributed by atoms with Crippen molar-refractivity contribution in [2.45, 2.75) is 70.1 Å². The average Bonchev–Trinajstić information content (AvgIpc) is 3.74. The SMILES string of the molecule is c1ccc(CN2CCC(Nc3nc(N4CCN(Cc5ccc6c(c5)OCO6)CC4)nc4c3ncn4C3CCCCC3)CC2)cc1. The van der Waals surface area contributed by atoms with Crippen LogP contribution in [0.1, 0.15) is 62.1 Å². The van der Waals surface area contributed by atoms with Gasteiger partial charge in [-0.1, -0.05) is 55.7 Å². The van der Waals surface area contributed by atoms with Crippen molar-refractivity contribution in [1.29, 1.82) is 0 Å². The van der Waals surface area contributed by atoms with E-state index in [1.54, 1.807) is 0 Å². The summed E-state index contributed by atoms with van der Waals surface area (Å²) in [6.07, 6.45) is 10.5. The van der Waals surface area contributed by atoms with Crippen molar-refractivity contribution in [3.63, 3.8) is 0 Å². The molecule has 2 aromatic carbocycles. The summed E-state index contributed by atoms with van der Waals surface area (Å²) in [7, 11) is 0. The number of piperazine rings is 1. The largest absolute Gasteiger partial charge is 0.454 e. The number of fused-ring (bicyclic) bond motifs is 2. The molecule has 1 N–H and O–H groups in total. The topological polar surface area (TPSA) is 83.8 Å². The van der Waals surface area contributed by atoms with Crippen LogP contribution in [-0.2, 0) is 13.1 Å². The first kappa shape index (κ1) is 28.6. The van der Waals surface area contributed by atoms with Gasteiger partial charge in [0.2, 0.25) is 12.7 Å². The third kappa shape index (κ3) is 6.31. The second kappa shape index (κ2) is 12.8. The third-order valence-corrected chi connectivity index (χ3v) is 10.1. The molecule has 45 heavy (non-hydrogen) atoms. The number of ether oxygens (including phenoxy) is 2. The highest BCUT2D eigenvalue weighted by Crippen LogP contribution is 2.34. The molecule has 0 unspecified atom stereocenters. The molecule has 1 saturated carbocycles. The molecule has 3 fully saturated rings. The fraction of sp³-hybridized carbons (Fsp3) is 0.514. The molecule has 0 atom stereocenters. The van der Waals surface area contributed by atoms with E-state index in [2.05, 4.69) is 67.0 Å². The van der Waals surface area contributed by atoms with Crippen LogP contribution in [-0.4, -0.2) is 81.4 Å². The van der Waals surface area contributed by atoms with E-state index < -0.39 is 0 Å². The van der Waals surface area contributed by atoms with E-state index in [9.17, 15) is 0 Å². The standard InChI is InChI=1S/C35H44N8O2/c1-3-7-26(8-4-1)22-40-15-13-28(14-16-40)37-33-32-34(43(24-36-32)29-9-5-2-6-10-29)39-35(38-33)42-19-17-41(18-20-42)23-27-11-12-30-31(21-27)45-25-44-30/h1,3-4,7-8,11-12,21,24,28-29H,2,5-6,9-10,13-20,22-23,25H2,(H,37,38,39). The van der Waals surface area contributed by atoms with E-state index in [1.165, 1.54) is 43.2 Å². The Morgan fingerprint density at radius 1 is 0.733 bits per heavy atom. The van der Waals surface area contributed by atoms with Crippen LogP contribution in [0.2, 0.25) is 0 Å². The number of rotatable bonds is 8. The van der Waals surface area contributed by atoms with Gasteiger partial charge in [0.05, 0.1) is 6.33 Å². The molecule has 236 valence electrons. The van der Waals surface area contributed by atoms with Crippen molar-refractivity contribution in [2.75, 3.05) is 56.3 Å². The van der Waals surface area contributed by atoms with E-state index in [4.69, 9.17) is 24.4 Å². The van der Waals surface area contributed by atoms with Crippen LogP contribution in [0.4, 0.5) is 11.8 Å². The van der Waals surface area contributed by atoms with Crippen LogP contribution in [0.3, 0.4) is 0 Å². The van der Waals surface area contributed by atoms with E-state index >= 15 is 0 Å². The third-order valence-electron chi connectivity index (χ3n) is 10.1. The first-order chi connectivity index (χ1) is 22.2. The summed E-state index contributed by atoms with van der Waals surface area (Å²) in [6.45, 7) is 8.09. The Kier molecular flexibility index (Phi) is 8.16. The lowest BCUT2D eigenvalue weighted by Gasteiger charge is -2.35.